The molecule has 9 rings (SSSR count). The summed E-state index contributed by atoms with van der Waals surface area (Å²) in [5.74, 6) is 0.674. The minimum Gasteiger partial charge on any atom is -0.307 e. The van der Waals surface area contributed by atoms with Gasteiger partial charge in [0.05, 0.1) is 34.0 Å². The van der Waals surface area contributed by atoms with Gasteiger partial charge in [0, 0.05) is 45.3 Å². The Balaban J connectivity index is 1.56. The molecule has 4 heterocycles. The van der Waals surface area contributed by atoms with Crippen LogP contribution in [0.5, 0.6) is 0 Å². The van der Waals surface area contributed by atoms with Crippen molar-refractivity contribution in [3.63, 3.8) is 0 Å². The van der Waals surface area contributed by atoms with Gasteiger partial charge in [0.15, 0.2) is 0 Å². The molecule has 0 saturated carbocycles. The molecule has 5 aromatic carbocycles. The second kappa shape index (κ2) is 7.62. The first-order chi connectivity index (χ1) is 19.4. The first kappa shape index (κ1) is 20.7. The fourth-order valence-electron chi connectivity index (χ4n) is 6.35. The monoisotopic (exact) mass is 499 g/mol. The largest absolute Gasteiger partial charge is 0.307 e. The summed E-state index contributed by atoms with van der Waals surface area (Å²) >= 11 is 0. The summed E-state index contributed by atoms with van der Waals surface area (Å²) in [6.45, 7) is 0. The molecule has 0 fully saturated rings. The average molecular weight is 500 g/mol. The van der Waals surface area contributed by atoms with Gasteiger partial charge in [-0.25, -0.2) is 9.97 Å². The molecule has 0 spiro atoms. The molecule has 1 aliphatic heterocycles. The van der Waals surface area contributed by atoms with E-state index in [1.54, 1.807) is 0 Å². The number of hydrogen-bond donors (Lipinski definition) is 0. The molecule has 1 aliphatic rings. The molecular formula is C34H21N5. The normalized spacial score (nSPS) is 12.9. The van der Waals surface area contributed by atoms with E-state index in [1.165, 1.54) is 37.8 Å². The summed E-state index contributed by atoms with van der Waals surface area (Å²) in [5, 5.41) is 7.27. The number of fused-ring (bicyclic) bond motifs is 10. The van der Waals surface area contributed by atoms with E-state index < -0.39 is 0 Å². The topological polar surface area (TPSA) is 48.0 Å². The Kier molecular flexibility index (Phi) is 4.05. The number of hydrogen-bond acceptors (Lipinski definition) is 3. The van der Waals surface area contributed by atoms with Gasteiger partial charge in [-0.3, -0.25) is 9.56 Å². The highest BCUT2D eigenvalue weighted by Crippen LogP contribution is 2.43. The summed E-state index contributed by atoms with van der Waals surface area (Å²) in [5.41, 5.74) is 7.51. The predicted molar refractivity (Wildman–Crippen MR) is 160 cm³/mol. The molecule has 182 valence electrons. The smallest absolute Gasteiger partial charge is 0.235 e. The second-order valence-electron chi connectivity index (χ2n) is 10.1. The summed E-state index contributed by atoms with van der Waals surface area (Å²) in [7, 11) is 0. The van der Waals surface area contributed by atoms with Crippen LogP contribution in [-0.2, 0) is 6.42 Å². The minimum atomic E-state index is 0.674. The number of para-hydroxylation sites is 2. The van der Waals surface area contributed by atoms with E-state index in [1.807, 2.05) is 12.4 Å². The van der Waals surface area contributed by atoms with Crippen LogP contribution in [0, 0.1) is 0 Å². The molecule has 0 aliphatic carbocycles. The number of benzene rings is 5. The van der Waals surface area contributed by atoms with Crippen molar-refractivity contribution in [2.75, 3.05) is 0 Å². The molecular weight excluding hydrogens is 478 g/mol. The quantitative estimate of drug-likeness (QED) is 0.241. The SMILES string of the molecule is C1=Nc2cnc(-n3c4ccccc4c4ccc5c6ccc7ccccc7c6n(-c6ccccc6)c5c43)nc2C1. The van der Waals surface area contributed by atoms with Gasteiger partial charge in [0.2, 0.25) is 5.95 Å². The molecule has 0 unspecified atom stereocenters. The van der Waals surface area contributed by atoms with Crippen LogP contribution in [0.3, 0.4) is 0 Å². The lowest BCUT2D eigenvalue weighted by Gasteiger charge is -2.12. The predicted octanol–water partition coefficient (Wildman–Crippen LogP) is 8.08. The Morgan fingerprint density at radius 1 is 0.564 bits per heavy atom. The molecule has 3 aromatic heterocycles. The van der Waals surface area contributed by atoms with Gasteiger partial charge in [0.1, 0.15) is 5.69 Å². The lowest BCUT2D eigenvalue weighted by Crippen LogP contribution is -2.04. The molecule has 39 heavy (non-hydrogen) atoms. The Hall–Kier alpha value is -5.29. The lowest BCUT2D eigenvalue weighted by molar-refractivity contribution is 0.962. The Morgan fingerprint density at radius 2 is 1.26 bits per heavy atom. The number of aromatic nitrogens is 4. The molecule has 0 radical (unpaired) electrons. The van der Waals surface area contributed by atoms with Crippen LogP contribution in [0.15, 0.2) is 114 Å². The van der Waals surface area contributed by atoms with E-state index in [0.717, 1.165) is 40.0 Å². The summed E-state index contributed by atoms with van der Waals surface area (Å²) in [6.07, 6.45) is 4.49. The van der Waals surface area contributed by atoms with Crippen LogP contribution in [0.25, 0.3) is 66.0 Å². The van der Waals surface area contributed by atoms with Gasteiger partial charge >= 0.3 is 0 Å². The first-order valence-electron chi connectivity index (χ1n) is 13.2. The van der Waals surface area contributed by atoms with Crippen molar-refractivity contribution < 1.29 is 0 Å². The van der Waals surface area contributed by atoms with Gasteiger partial charge in [-0.2, -0.15) is 0 Å². The molecule has 0 bridgehead atoms. The van der Waals surface area contributed by atoms with E-state index in [0.29, 0.717) is 5.95 Å². The molecule has 5 heteroatoms. The van der Waals surface area contributed by atoms with Gasteiger partial charge in [-0.05, 0) is 23.6 Å². The van der Waals surface area contributed by atoms with Gasteiger partial charge in [0.25, 0.3) is 0 Å². The van der Waals surface area contributed by atoms with Crippen LogP contribution < -0.4 is 0 Å². The fourth-order valence-corrected chi connectivity index (χ4v) is 6.35. The van der Waals surface area contributed by atoms with Crippen molar-refractivity contribution in [3.05, 3.63) is 115 Å². The highest BCUT2D eigenvalue weighted by Gasteiger charge is 2.23. The maximum atomic E-state index is 5.03. The third kappa shape index (κ3) is 2.76. The van der Waals surface area contributed by atoms with Crippen LogP contribution >= 0.6 is 0 Å². The third-order valence-corrected chi connectivity index (χ3v) is 8.01. The number of nitrogens with zero attached hydrogens (tertiary/aromatic N) is 5. The van der Waals surface area contributed by atoms with E-state index in [-0.39, 0.29) is 0 Å². The van der Waals surface area contributed by atoms with Crippen LogP contribution in [0.4, 0.5) is 5.69 Å². The molecule has 5 nitrogen and oxygen atoms in total. The second-order valence-corrected chi connectivity index (χ2v) is 10.1. The zero-order valence-corrected chi connectivity index (χ0v) is 20.9. The number of aliphatic imine (C=N–C) groups is 1. The van der Waals surface area contributed by atoms with E-state index in [4.69, 9.17) is 9.97 Å². The molecule has 0 amide bonds. The minimum absolute atomic E-state index is 0.674. The van der Waals surface area contributed by atoms with E-state index >= 15 is 0 Å². The summed E-state index contributed by atoms with van der Waals surface area (Å²) in [4.78, 5) is 14.3. The van der Waals surface area contributed by atoms with Crippen molar-refractivity contribution >= 4 is 66.3 Å². The van der Waals surface area contributed by atoms with E-state index in [2.05, 4.69) is 117 Å². The third-order valence-electron chi connectivity index (χ3n) is 8.01. The maximum absolute atomic E-state index is 5.03. The number of rotatable bonds is 2. The maximum Gasteiger partial charge on any atom is 0.235 e. The highest BCUT2D eigenvalue weighted by molar-refractivity contribution is 6.26. The van der Waals surface area contributed by atoms with Crippen LogP contribution in [-0.4, -0.2) is 25.3 Å². The van der Waals surface area contributed by atoms with Crippen molar-refractivity contribution in [1.29, 1.82) is 0 Å². The molecule has 0 atom stereocenters. The van der Waals surface area contributed by atoms with Gasteiger partial charge in [-0.15, -0.1) is 0 Å². The zero-order valence-electron chi connectivity index (χ0n) is 20.9. The zero-order chi connectivity index (χ0) is 25.5. The van der Waals surface area contributed by atoms with Gasteiger partial charge < -0.3 is 4.57 Å². The summed E-state index contributed by atoms with van der Waals surface area (Å²) in [6, 6.07) is 36.9. The van der Waals surface area contributed by atoms with Crippen molar-refractivity contribution in [2.45, 2.75) is 6.42 Å². The Bertz CT molecular complexity index is 2300. The molecule has 8 aromatic rings. The van der Waals surface area contributed by atoms with Crippen molar-refractivity contribution in [3.8, 4) is 11.6 Å². The lowest BCUT2D eigenvalue weighted by atomic mass is 10.0. The fraction of sp³-hybridized carbons (Fsp3) is 0.0294. The standard InChI is InChI=1S/C34H21N5/c1-2-9-22(10-3-1)38-31-23-11-5-4-8-21(23)14-15-26(31)27-17-16-25-24-12-6-7-13-30(24)39(33(25)32(27)38)34-36-20-29-28(37-34)18-19-35-29/h1-17,19-20H,18H2. The molecule has 0 N–H and O–H groups in total. The van der Waals surface area contributed by atoms with E-state index in [9.17, 15) is 0 Å². The highest BCUT2D eigenvalue weighted by atomic mass is 15.2. The van der Waals surface area contributed by atoms with Crippen LogP contribution in [0.2, 0.25) is 0 Å². The Morgan fingerprint density at radius 3 is 2.15 bits per heavy atom. The molecule has 0 saturated heterocycles. The summed E-state index contributed by atoms with van der Waals surface area (Å²) < 4.78 is 4.67. The van der Waals surface area contributed by atoms with Gasteiger partial charge in [-0.1, -0.05) is 84.9 Å². The first-order valence-corrected chi connectivity index (χ1v) is 13.2. The van der Waals surface area contributed by atoms with Crippen molar-refractivity contribution in [1.82, 2.24) is 19.1 Å². The van der Waals surface area contributed by atoms with Crippen molar-refractivity contribution in [2.24, 2.45) is 4.99 Å². The average Bonchev–Trinajstić information content (AvgIpc) is 3.69. The van der Waals surface area contributed by atoms with Crippen LogP contribution in [0.1, 0.15) is 5.69 Å². The Labute approximate surface area is 223 Å².